The van der Waals surface area contributed by atoms with E-state index in [0.29, 0.717) is 11.3 Å². The molecule has 0 bridgehead atoms. The molecule has 0 amide bonds. The van der Waals surface area contributed by atoms with Crippen LogP contribution in [0.25, 0.3) is 11.5 Å². The Balaban J connectivity index is 1.84. The van der Waals surface area contributed by atoms with Crippen LogP contribution in [-0.2, 0) is 9.84 Å². The van der Waals surface area contributed by atoms with Gasteiger partial charge in [0.15, 0.2) is 0 Å². The SMILES string of the molecule is Cc1cccc(-c2nc(S(=O)(=O)c3ccccc3)c(Nc3ccc(F)cc3)o2)c1. The molecule has 5 nitrogen and oxygen atoms in total. The molecule has 1 N–H and O–H groups in total. The van der Waals surface area contributed by atoms with Crippen molar-refractivity contribution in [2.24, 2.45) is 0 Å². The van der Waals surface area contributed by atoms with Crippen LogP contribution in [0.1, 0.15) is 5.56 Å². The first-order chi connectivity index (χ1) is 13.9. The molecule has 0 saturated carbocycles. The van der Waals surface area contributed by atoms with E-state index >= 15 is 0 Å². The van der Waals surface area contributed by atoms with E-state index in [0.717, 1.165) is 5.56 Å². The minimum absolute atomic E-state index is 0.0306. The lowest BCUT2D eigenvalue weighted by Crippen LogP contribution is -2.05. The van der Waals surface area contributed by atoms with E-state index in [9.17, 15) is 12.8 Å². The van der Waals surface area contributed by atoms with Crippen molar-refractivity contribution in [1.82, 2.24) is 4.98 Å². The zero-order valence-electron chi connectivity index (χ0n) is 15.5. The highest BCUT2D eigenvalue weighted by Crippen LogP contribution is 2.34. The van der Waals surface area contributed by atoms with Gasteiger partial charge in [0, 0.05) is 11.3 Å². The maximum atomic E-state index is 13.2. The highest BCUT2D eigenvalue weighted by Gasteiger charge is 2.28. The molecule has 0 saturated heterocycles. The largest absolute Gasteiger partial charge is 0.419 e. The van der Waals surface area contributed by atoms with E-state index in [-0.39, 0.29) is 21.7 Å². The molecule has 0 unspecified atom stereocenters. The average molecular weight is 408 g/mol. The minimum atomic E-state index is -3.94. The molecule has 0 aliphatic heterocycles. The monoisotopic (exact) mass is 408 g/mol. The second kappa shape index (κ2) is 7.52. The predicted octanol–water partition coefficient (Wildman–Crippen LogP) is 5.37. The van der Waals surface area contributed by atoms with Gasteiger partial charge in [-0.3, -0.25) is 0 Å². The van der Waals surface area contributed by atoms with Crippen molar-refractivity contribution in [3.63, 3.8) is 0 Å². The molecule has 7 heteroatoms. The molecule has 3 aromatic carbocycles. The van der Waals surface area contributed by atoms with Gasteiger partial charge in [-0.2, -0.15) is 4.98 Å². The van der Waals surface area contributed by atoms with Crippen LogP contribution >= 0.6 is 0 Å². The second-order valence-corrected chi connectivity index (χ2v) is 8.34. The molecule has 0 fully saturated rings. The fourth-order valence-electron chi connectivity index (χ4n) is 2.84. The Morgan fingerprint density at radius 3 is 2.34 bits per heavy atom. The summed E-state index contributed by atoms with van der Waals surface area (Å²) in [6.45, 7) is 1.92. The number of nitrogens with one attached hydrogen (secondary N) is 1. The van der Waals surface area contributed by atoms with Crippen LogP contribution in [0.2, 0.25) is 0 Å². The van der Waals surface area contributed by atoms with Gasteiger partial charge in [-0.1, -0.05) is 35.9 Å². The molecular formula is C22H17FN2O3S. The van der Waals surface area contributed by atoms with Crippen molar-refractivity contribution in [2.45, 2.75) is 16.8 Å². The lowest BCUT2D eigenvalue weighted by Gasteiger charge is -2.06. The average Bonchev–Trinajstić information content (AvgIpc) is 3.15. The second-order valence-electron chi connectivity index (χ2n) is 6.47. The smallest absolute Gasteiger partial charge is 0.238 e. The molecule has 0 spiro atoms. The fourth-order valence-corrected chi connectivity index (χ4v) is 4.12. The molecule has 29 heavy (non-hydrogen) atoms. The van der Waals surface area contributed by atoms with E-state index in [1.807, 2.05) is 25.1 Å². The first kappa shape index (κ1) is 18.9. The minimum Gasteiger partial charge on any atom is -0.419 e. The lowest BCUT2D eigenvalue weighted by atomic mass is 10.1. The number of hydrogen-bond donors (Lipinski definition) is 1. The zero-order chi connectivity index (χ0) is 20.4. The standard InChI is InChI=1S/C22H17FN2O3S/c1-15-6-5-7-16(14-15)20-25-22(29(26,27)19-8-3-2-4-9-19)21(28-20)24-18-12-10-17(23)11-13-18/h2-14,24H,1H3. The van der Waals surface area contributed by atoms with Gasteiger partial charge in [0.2, 0.25) is 26.6 Å². The number of nitrogens with zero attached hydrogens (tertiary/aromatic N) is 1. The molecule has 0 atom stereocenters. The van der Waals surface area contributed by atoms with Crippen molar-refractivity contribution in [3.05, 3.63) is 90.2 Å². The van der Waals surface area contributed by atoms with Crippen molar-refractivity contribution in [2.75, 3.05) is 5.32 Å². The molecule has 0 radical (unpaired) electrons. The molecule has 1 heterocycles. The maximum Gasteiger partial charge on any atom is 0.238 e. The summed E-state index contributed by atoms with van der Waals surface area (Å²) < 4.78 is 45.4. The fraction of sp³-hybridized carbons (Fsp3) is 0.0455. The van der Waals surface area contributed by atoms with Crippen molar-refractivity contribution in [3.8, 4) is 11.5 Å². The van der Waals surface area contributed by atoms with E-state index in [1.165, 1.54) is 36.4 Å². The van der Waals surface area contributed by atoms with Gasteiger partial charge in [0.25, 0.3) is 0 Å². The van der Waals surface area contributed by atoms with E-state index in [4.69, 9.17) is 4.42 Å². The molecule has 146 valence electrons. The van der Waals surface area contributed by atoms with Crippen LogP contribution in [0.5, 0.6) is 0 Å². The number of anilines is 2. The highest BCUT2D eigenvalue weighted by atomic mass is 32.2. The van der Waals surface area contributed by atoms with Crippen LogP contribution in [0.4, 0.5) is 16.0 Å². The Hall–Kier alpha value is -3.45. The third-order valence-corrected chi connectivity index (χ3v) is 5.95. The van der Waals surface area contributed by atoms with Crippen LogP contribution in [0.3, 0.4) is 0 Å². The first-order valence-corrected chi connectivity index (χ1v) is 10.3. The number of oxazole rings is 1. The predicted molar refractivity (Wildman–Crippen MR) is 108 cm³/mol. The van der Waals surface area contributed by atoms with Crippen LogP contribution in [-0.4, -0.2) is 13.4 Å². The molecule has 4 rings (SSSR count). The summed E-state index contributed by atoms with van der Waals surface area (Å²) in [4.78, 5) is 4.40. The summed E-state index contributed by atoms with van der Waals surface area (Å²) in [7, 11) is -3.94. The Kier molecular flexibility index (Phi) is 4.90. The molecule has 0 aliphatic rings. The molecule has 0 aliphatic carbocycles. The number of benzene rings is 3. The van der Waals surface area contributed by atoms with Crippen LogP contribution in [0, 0.1) is 12.7 Å². The van der Waals surface area contributed by atoms with Crippen molar-refractivity contribution < 1.29 is 17.2 Å². The molecular weight excluding hydrogens is 391 g/mol. The lowest BCUT2D eigenvalue weighted by molar-refractivity contribution is 0.581. The van der Waals surface area contributed by atoms with Crippen molar-refractivity contribution in [1.29, 1.82) is 0 Å². The Morgan fingerprint density at radius 1 is 0.931 bits per heavy atom. The molecule has 1 aromatic heterocycles. The third-order valence-electron chi connectivity index (χ3n) is 4.27. The van der Waals surface area contributed by atoms with E-state index < -0.39 is 15.7 Å². The Morgan fingerprint density at radius 2 is 1.66 bits per heavy atom. The van der Waals surface area contributed by atoms with E-state index in [1.54, 1.807) is 24.3 Å². The topological polar surface area (TPSA) is 72.2 Å². The maximum absolute atomic E-state index is 13.2. The number of rotatable bonds is 5. The third kappa shape index (κ3) is 3.90. The molecule has 4 aromatic rings. The summed E-state index contributed by atoms with van der Waals surface area (Å²) in [5, 5.41) is 2.67. The summed E-state index contributed by atoms with van der Waals surface area (Å²) in [6.07, 6.45) is 0. The summed E-state index contributed by atoms with van der Waals surface area (Å²) in [5.41, 5.74) is 2.12. The number of halogens is 1. The van der Waals surface area contributed by atoms with Gasteiger partial charge in [0.1, 0.15) is 5.82 Å². The Bertz CT molecular complexity index is 1250. The van der Waals surface area contributed by atoms with Gasteiger partial charge in [-0.25, -0.2) is 12.8 Å². The summed E-state index contributed by atoms with van der Waals surface area (Å²) >= 11 is 0. The number of aryl methyl sites for hydroxylation is 1. The van der Waals surface area contributed by atoms with Crippen LogP contribution < -0.4 is 5.32 Å². The summed E-state index contributed by atoms with van der Waals surface area (Å²) in [6, 6.07) is 20.9. The number of hydrogen-bond acceptors (Lipinski definition) is 5. The quantitative estimate of drug-likeness (QED) is 0.481. The Labute approximate surface area is 167 Å². The number of sulfone groups is 1. The summed E-state index contributed by atoms with van der Waals surface area (Å²) in [5.74, 6) is -0.254. The van der Waals surface area contributed by atoms with E-state index in [2.05, 4.69) is 10.3 Å². The van der Waals surface area contributed by atoms with Crippen molar-refractivity contribution >= 4 is 21.4 Å². The number of aromatic nitrogens is 1. The van der Waals surface area contributed by atoms with Gasteiger partial charge >= 0.3 is 0 Å². The van der Waals surface area contributed by atoms with Gasteiger partial charge < -0.3 is 9.73 Å². The van der Waals surface area contributed by atoms with Gasteiger partial charge in [0.05, 0.1) is 4.90 Å². The van der Waals surface area contributed by atoms with Gasteiger partial charge in [-0.05, 0) is 55.5 Å². The highest BCUT2D eigenvalue weighted by molar-refractivity contribution is 7.91. The van der Waals surface area contributed by atoms with Gasteiger partial charge in [-0.15, -0.1) is 0 Å². The first-order valence-electron chi connectivity index (χ1n) is 8.84. The zero-order valence-corrected chi connectivity index (χ0v) is 16.3. The van der Waals surface area contributed by atoms with Crippen LogP contribution in [0.15, 0.2) is 93.2 Å². The normalized spacial score (nSPS) is 11.4.